The van der Waals surface area contributed by atoms with Gasteiger partial charge in [0.05, 0.1) is 0 Å². The van der Waals surface area contributed by atoms with Crippen molar-refractivity contribution in [3.63, 3.8) is 0 Å². The van der Waals surface area contributed by atoms with Crippen LogP contribution in [0.5, 0.6) is 0 Å². The molecule has 3 aromatic rings. The molecule has 2 aromatic carbocycles. The Bertz CT molecular complexity index is 1070. The topological polar surface area (TPSA) is 65.8 Å². The number of rotatable bonds is 5. The molecule has 1 aromatic heterocycles. The van der Waals surface area contributed by atoms with E-state index >= 15 is 0 Å². The molecule has 4 rings (SSSR count). The minimum atomic E-state index is -0.312. The Labute approximate surface area is 186 Å². The highest BCUT2D eigenvalue weighted by atomic mass is 35.5. The van der Waals surface area contributed by atoms with Crippen molar-refractivity contribution in [2.24, 2.45) is 0 Å². The number of amides is 2. The van der Waals surface area contributed by atoms with Crippen LogP contribution in [0.25, 0.3) is 11.3 Å². The maximum atomic E-state index is 12.6. The number of anilines is 2. The van der Waals surface area contributed by atoms with Crippen molar-refractivity contribution >= 4 is 34.8 Å². The van der Waals surface area contributed by atoms with Gasteiger partial charge in [-0.3, -0.25) is 9.59 Å². The van der Waals surface area contributed by atoms with E-state index in [2.05, 4.69) is 10.2 Å². The van der Waals surface area contributed by atoms with Crippen molar-refractivity contribution in [2.45, 2.75) is 13.3 Å². The Kier molecular flexibility index (Phi) is 6.28. The van der Waals surface area contributed by atoms with Crippen LogP contribution in [-0.2, 0) is 4.79 Å². The molecule has 0 atom stereocenters. The second-order valence-electron chi connectivity index (χ2n) is 7.40. The summed E-state index contributed by atoms with van der Waals surface area (Å²) in [5, 5.41) is 3.47. The summed E-state index contributed by atoms with van der Waals surface area (Å²) in [7, 11) is 0. The van der Waals surface area contributed by atoms with Gasteiger partial charge < -0.3 is 19.5 Å². The SMILES string of the molecule is CCC(=O)N1CCN(c2ccc(NC(=O)c3ccc(-c4cccc(Cl)c4)o3)cc2)CC1. The van der Waals surface area contributed by atoms with Crippen LogP contribution in [0.15, 0.2) is 65.1 Å². The molecule has 1 aliphatic rings. The summed E-state index contributed by atoms with van der Waals surface area (Å²) in [6, 6.07) is 18.4. The van der Waals surface area contributed by atoms with E-state index in [1.165, 1.54) is 0 Å². The number of piperazine rings is 1. The van der Waals surface area contributed by atoms with E-state index in [1.54, 1.807) is 24.3 Å². The number of halogens is 1. The molecule has 2 heterocycles. The Morgan fingerprint density at radius 1 is 1.00 bits per heavy atom. The largest absolute Gasteiger partial charge is 0.451 e. The Hall–Kier alpha value is -3.25. The fourth-order valence-electron chi connectivity index (χ4n) is 3.64. The summed E-state index contributed by atoms with van der Waals surface area (Å²) in [6.07, 6.45) is 0.546. The predicted molar refractivity (Wildman–Crippen MR) is 123 cm³/mol. The Morgan fingerprint density at radius 3 is 2.42 bits per heavy atom. The zero-order valence-corrected chi connectivity index (χ0v) is 18.1. The van der Waals surface area contributed by atoms with Crippen molar-refractivity contribution in [3.8, 4) is 11.3 Å². The third kappa shape index (κ3) is 4.91. The molecule has 31 heavy (non-hydrogen) atoms. The highest BCUT2D eigenvalue weighted by Crippen LogP contribution is 2.26. The van der Waals surface area contributed by atoms with Crippen LogP contribution in [0.4, 0.5) is 11.4 Å². The third-order valence-corrected chi connectivity index (χ3v) is 5.60. The molecule has 0 aliphatic carbocycles. The van der Waals surface area contributed by atoms with Crippen LogP contribution in [0, 0.1) is 0 Å². The Balaban J connectivity index is 1.36. The quantitative estimate of drug-likeness (QED) is 0.615. The van der Waals surface area contributed by atoms with Crippen molar-refractivity contribution in [1.82, 2.24) is 4.90 Å². The van der Waals surface area contributed by atoms with Gasteiger partial charge in [0.15, 0.2) is 5.76 Å². The average Bonchev–Trinajstić information content (AvgIpc) is 3.30. The number of carbonyl (C=O) groups is 2. The zero-order valence-electron chi connectivity index (χ0n) is 17.3. The molecule has 1 aliphatic heterocycles. The summed E-state index contributed by atoms with van der Waals surface area (Å²) in [5.41, 5.74) is 2.58. The average molecular weight is 438 g/mol. The van der Waals surface area contributed by atoms with E-state index in [4.69, 9.17) is 16.0 Å². The molecule has 160 valence electrons. The Morgan fingerprint density at radius 2 is 1.74 bits per heavy atom. The standard InChI is InChI=1S/C24H24ClN3O3/c1-2-23(29)28-14-12-27(13-15-28)20-8-6-19(7-9-20)26-24(30)22-11-10-21(31-22)17-4-3-5-18(25)16-17/h3-11,16H,2,12-15H2,1H3,(H,26,30). The lowest BCUT2D eigenvalue weighted by molar-refractivity contribution is -0.131. The number of benzene rings is 2. The first-order valence-electron chi connectivity index (χ1n) is 10.3. The molecule has 0 radical (unpaired) electrons. The summed E-state index contributed by atoms with van der Waals surface area (Å²) in [6.45, 7) is 4.96. The van der Waals surface area contributed by atoms with E-state index in [1.807, 2.05) is 48.2 Å². The first-order valence-corrected chi connectivity index (χ1v) is 10.7. The van der Waals surface area contributed by atoms with Crippen molar-refractivity contribution in [1.29, 1.82) is 0 Å². The van der Waals surface area contributed by atoms with Gasteiger partial charge in [-0.1, -0.05) is 30.7 Å². The smallest absolute Gasteiger partial charge is 0.291 e. The number of nitrogens with one attached hydrogen (secondary N) is 1. The summed E-state index contributed by atoms with van der Waals surface area (Å²) in [5.74, 6) is 0.710. The molecular weight excluding hydrogens is 414 g/mol. The molecule has 1 saturated heterocycles. The highest BCUT2D eigenvalue weighted by Gasteiger charge is 2.20. The van der Waals surface area contributed by atoms with Gasteiger partial charge in [0.1, 0.15) is 5.76 Å². The fraction of sp³-hybridized carbons (Fsp3) is 0.250. The van der Waals surface area contributed by atoms with Crippen molar-refractivity contribution in [2.75, 3.05) is 36.4 Å². The van der Waals surface area contributed by atoms with Gasteiger partial charge in [0.2, 0.25) is 5.91 Å². The van der Waals surface area contributed by atoms with Crippen molar-refractivity contribution < 1.29 is 14.0 Å². The number of hydrogen-bond donors (Lipinski definition) is 1. The molecule has 0 bridgehead atoms. The normalized spacial score (nSPS) is 13.9. The lowest BCUT2D eigenvalue weighted by Gasteiger charge is -2.36. The van der Waals surface area contributed by atoms with E-state index in [-0.39, 0.29) is 17.6 Å². The summed E-state index contributed by atoms with van der Waals surface area (Å²) in [4.78, 5) is 28.5. The number of furan rings is 1. The van der Waals surface area contributed by atoms with Gasteiger partial charge in [-0.15, -0.1) is 0 Å². The number of hydrogen-bond acceptors (Lipinski definition) is 4. The minimum absolute atomic E-state index is 0.203. The van der Waals surface area contributed by atoms with E-state index in [9.17, 15) is 9.59 Å². The van der Waals surface area contributed by atoms with Gasteiger partial charge in [0.25, 0.3) is 5.91 Å². The van der Waals surface area contributed by atoms with Crippen LogP contribution < -0.4 is 10.2 Å². The number of nitrogens with zero attached hydrogens (tertiary/aromatic N) is 2. The minimum Gasteiger partial charge on any atom is -0.451 e. The molecule has 2 amide bonds. The maximum absolute atomic E-state index is 12.6. The molecule has 1 fully saturated rings. The second-order valence-corrected chi connectivity index (χ2v) is 7.83. The summed E-state index contributed by atoms with van der Waals surface area (Å²) < 4.78 is 5.71. The van der Waals surface area contributed by atoms with Gasteiger partial charge in [0, 0.05) is 54.6 Å². The van der Waals surface area contributed by atoms with Crippen molar-refractivity contribution in [3.05, 3.63) is 71.4 Å². The van der Waals surface area contributed by atoms with Gasteiger partial charge in [-0.25, -0.2) is 0 Å². The molecule has 0 spiro atoms. The molecule has 1 N–H and O–H groups in total. The molecule has 6 nitrogen and oxygen atoms in total. The van der Waals surface area contributed by atoms with E-state index in [0.717, 1.165) is 37.4 Å². The lowest BCUT2D eigenvalue weighted by Crippen LogP contribution is -2.48. The zero-order chi connectivity index (χ0) is 21.8. The fourth-order valence-corrected chi connectivity index (χ4v) is 3.83. The molecule has 7 heteroatoms. The maximum Gasteiger partial charge on any atom is 0.291 e. The molecule has 0 unspecified atom stereocenters. The van der Waals surface area contributed by atoms with E-state index in [0.29, 0.717) is 22.9 Å². The monoisotopic (exact) mass is 437 g/mol. The first kappa shape index (κ1) is 21.0. The van der Waals surface area contributed by atoms with E-state index < -0.39 is 0 Å². The van der Waals surface area contributed by atoms with Crippen LogP contribution >= 0.6 is 11.6 Å². The highest BCUT2D eigenvalue weighted by molar-refractivity contribution is 6.30. The molecule has 0 saturated carbocycles. The first-order chi connectivity index (χ1) is 15.0. The lowest BCUT2D eigenvalue weighted by atomic mass is 10.2. The van der Waals surface area contributed by atoms with Crippen LogP contribution in [0.3, 0.4) is 0 Å². The van der Waals surface area contributed by atoms with Crippen LogP contribution in [0.1, 0.15) is 23.9 Å². The van der Waals surface area contributed by atoms with Gasteiger partial charge >= 0.3 is 0 Å². The number of carbonyl (C=O) groups excluding carboxylic acids is 2. The predicted octanol–water partition coefficient (Wildman–Crippen LogP) is 4.91. The molecular formula is C24H24ClN3O3. The van der Waals surface area contributed by atoms with Gasteiger partial charge in [-0.2, -0.15) is 0 Å². The second kappa shape index (κ2) is 9.27. The van der Waals surface area contributed by atoms with Crippen LogP contribution in [0.2, 0.25) is 5.02 Å². The van der Waals surface area contributed by atoms with Gasteiger partial charge in [-0.05, 0) is 48.5 Å². The third-order valence-electron chi connectivity index (χ3n) is 5.36. The summed E-state index contributed by atoms with van der Waals surface area (Å²) >= 11 is 6.03. The van der Waals surface area contributed by atoms with Crippen LogP contribution in [-0.4, -0.2) is 42.9 Å².